The van der Waals surface area contributed by atoms with Crippen LogP contribution in [0.1, 0.15) is 58.6 Å². The van der Waals surface area contributed by atoms with Gasteiger partial charge >= 0.3 is 23.9 Å². The number of allylic oxidation sites excluding steroid dienone is 3. The molecule has 2 aromatic rings. The molecule has 1 spiro atoms. The molecule has 2 aromatic carbocycles. The molecule has 12 nitrogen and oxygen atoms in total. The van der Waals surface area contributed by atoms with Crippen molar-refractivity contribution in [3.63, 3.8) is 0 Å². The summed E-state index contributed by atoms with van der Waals surface area (Å²) in [6.45, 7) is 8.51. The maximum absolute atomic E-state index is 13.5. The van der Waals surface area contributed by atoms with Crippen molar-refractivity contribution in [2.45, 2.75) is 53.1 Å². The number of hydrogen-bond donors (Lipinski definition) is 0. The van der Waals surface area contributed by atoms with E-state index in [-0.39, 0.29) is 53.2 Å². The van der Waals surface area contributed by atoms with E-state index in [1.165, 1.54) is 24.3 Å². The molecule has 3 aliphatic rings. The Morgan fingerprint density at radius 2 is 1.37 bits per heavy atom. The Labute approximate surface area is 264 Å². The fourth-order valence-electron chi connectivity index (χ4n) is 5.08. The lowest BCUT2D eigenvalue weighted by Gasteiger charge is -2.36. The van der Waals surface area contributed by atoms with Gasteiger partial charge in [-0.3, -0.25) is 19.2 Å². The van der Waals surface area contributed by atoms with Gasteiger partial charge in [0.15, 0.2) is 5.60 Å². The first kappa shape index (κ1) is 31.9. The Balaban J connectivity index is 1.55. The van der Waals surface area contributed by atoms with Crippen LogP contribution in [0.3, 0.4) is 0 Å². The first-order valence-corrected chi connectivity index (χ1v) is 14.6. The van der Waals surface area contributed by atoms with Gasteiger partial charge in [0.05, 0.1) is 17.4 Å². The number of imide groups is 1. The van der Waals surface area contributed by atoms with E-state index < -0.39 is 41.3 Å². The molecule has 2 amide bonds. The van der Waals surface area contributed by atoms with Gasteiger partial charge in [-0.1, -0.05) is 39.8 Å². The van der Waals surface area contributed by atoms with Gasteiger partial charge < -0.3 is 23.8 Å². The highest BCUT2D eigenvalue weighted by atomic mass is 16.7. The van der Waals surface area contributed by atoms with Crippen LogP contribution in [0.4, 0.5) is 0 Å². The zero-order valence-electron chi connectivity index (χ0n) is 25.8. The number of hydrogen-bond acceptors (Lipinski definition) is 11. The topological polar surface area (TPSA) is 152 Å². The molecule has 0 saturated carbocycles. The lowest BCUT2D eigenvalue weighted by atomic mass is 9.76. The number of benzene rings is 2. The standard InChI is InChI=1S/C34H31NO11/c1-6-23-22(8-7-9-30(38)46-35-28(36)14-15-29(35)37)33(41)45-34(23)24-12-10-20(42-31(39)18(2)3)16-26(24)44-27-17-21(11-13-25(27)34)43-32(40)19(4)5/h6-13,16-19H,14-15H2,1-5H3/b9-7+,22-8+,23-6+. The number of hydroxylamine groups is 2. The highest BCUT2D eigenvalue weighted by Crippen LogP contribution is 2.58. The summed E-state index contributed by atoms with van der Waals surface area (Å²) in [4.78, 5) is 78.8. The van der Waals surface area contributed by atoms with Gasteiger partial charge in [0.25, 0.3) is 11.8 Å². The van der Waals surface area contributed by atoms with Crippen LogP contribution in [0.15, 0.2) is 71.8 Å². The summed E-state index contributed by atoms with van der Waals surface area (Å²) >= 11 is 0. The number of fused-ring (bicyclic) bond motifs is 4. The van der Waals surface area contributed by atoms with Crippen molar-refractivity contribution >= 4 is 35.7 Å². The molecule has 0 aliphatic carbocycles. The second-order valence-corrected chi connectivity index (χ2v) is 11.3. The number of carbonyl (C=O) groups excluding carboxylic acids is 6. The van der Waals surface area contributed by atoms with Crippen LogP contribution in [0, 0.1) is 11.8 Å². The van der Waals surface area contributed by atoms with E-state index in [1.807, 2.05) is 0 Å². The molecule has 3 heterocycles. The van der Waals surface area contributed by atoms with E-state index in [0.717, 1.165) is 6.08 Å². The fourth-order valence-corrected chi connectivity index (χ4v) is 5.08. The van der Waals surface area contributed by atoms with E-state index >= 15 is 0 Å². The SMILES string of the molecule is C\C=C1/C(=C\C=C\C(=O)ON2C(=O)CCC2=O)C(=O)OC12c1ccc(OC(=O)C(C)C)cc1Oc1cc(OC(=O)C(C)C)ccc12. The maximum atomic E-state index is 13.5. The van der Waals surface area contributed by atoms with Crippen molar-refractivity contribution < 1.29 is 52.6 Å². The minimum Gasteiger partial charge on any atom is -0.456 e. The fraction of sp³-hybridized carbons (Fsp3) is 0.294. The Morgan fingerprint density at radius 3 is 1.85 bits per heavy atom. The van der Waals surface area contributed by atoms with Gasteiger partial charge in [-0.2, -0.15) is 0 Å². The summed E-state index contributed by atoms with van der Waals surface area (Å²) < 4.78 is 23.4. The zero-order valence-corrected chi connectivity index (χ0v) is 25.8. The molecule has 238 valence electrons. The third-order valence-electron chi connectivity index (χ3n) is 7.37. The number of rotatable bonds is 7. The Bertz CT molecular complexity index is 1670. The predicted molar refractivity (Wildman–Crippen MR) is 159 cm³/mol. The summed E-state index contributed by atoms with van der Waals surface area (Å²) in [6.07, 6.45) is 5.16. The summed E-state index contributed by atoms with van der Waals surface area (Å²) in [5, 5.41) is 0.422. The number of nitrogens with zero attached hydrogens (tertiary/aromatic N) is 1. The summed E-state index contributed by atoms with van der Waals surface area (Å²) in [5.41, 5.74) is -0.176. The van der Waals surface area contributed by atoms with E-state index in [1.54, 1.807) is 65.0 Å². The van der Waals surface area contributed by atoms with Gasteiger partial charge in [-0.25, -0.2) is 9.59 Å². The Kier molecular flexibility index (Phi) is 8.64. The third kappa shape index (κ3) is 5.81. The van der Waals surface area contributed by atoms with Crippen molar-refractivity contribution in [3.8, 4) is 23.0 Å². The Hall–Kier alpha value is -5.52. The lowest BCUT2D eigenvalue weighted by Crippen LogP contribution is -2.33. The van der Waals surface area contributed by atoms with Gasteiger partial charge in [0, 0.05) is 47.8 Å². The minimum absolute atomic E-state index is 0.0472. The number of ether oxygens (including phenoxy) is 4. The predicted octanol–water partition coefficient (Wildman–Crippen LogP) is 4.75. The molecule has 3 aliphatic heterocycles. The average Bonchev–Trinajstić information content (AvgIpc) is 3.47. The normalized spacial score (nSPS) is 18.3. The van der Waals surface area contributed by atoms with E-state index in [2.05, 4.69) is 0 Å². The largest absolute Gasteiger partial charge is 0.456 e. The molecule has 2 fully saturated rings. The molecule has 0 unspecified atom stereocenters. The summed E-state index contributed by atoms with van der Waals surface area (Å²) in [6, 6.07) is 9.40. The van der Waals surface area contributed by atoms with Crippen molar-refractivity contribution in [3.05, 3.63) is 83.0 Å². The zero-order chi connectivity index (χ0) is 33.3. The quantitative estimate of drug-likeness (QED) is 0.181. The summed E-state index contributed by atoms with van der Waals surface area (Å²) in [5.74, 6) is -3.78. The van der Waals surface area contributed by atoms with Crippen LogP contribution in [0.25, 0.3) is 0 Å². The summed E-state index contributed by atoms with van der Waals surface area (Å²) in [7, 11) is 0. The molecule has 0 atom stereocenters. The van der Waals surface area contributed by atoms with Crippen LogP contribution < -0.4 is 14.2 Å². The van der Waals surface area contributed by atoms with Gasteiger partial charge in [-0.05, 0) is 37.3 Å². The molecule has 46 heavy (non-hydrogen) atoms. The monoisotopic (exact) mass is 629 g/mol. The van der Waals surface area contributed by atoms with Crippen molar-refractivity contribution in [1.82, 2.24) is 5.06 Å². The van der Waals surface area contributed by atoms with Gasteiger partial charge in [0.1, 0.15) is 23.0 Å². The highest BCUT2D eigenvalue weighted by Gasteiger charge is 2.55. The van der Waals surface area contributed by atoms with Gasteiger partial charge in [-0.15, -0.1) is 5.06 Å². The molecule has 5 rings (SSSR count). The maximum Gasteiger partial charge on any atom is 0.356 e. The van der Waals surface area contributed by atoms with E-state index in [0.29, 0.717) is 21.8 Å². The van der Waals surface area contributed by atoms with Crippen LogP contribution in [0.5, 0.6) is 23.0 Å². The number of carbonyl (C=O) groups is 6. The molecule has 0 N–H and O–H groups in total. The molecule has 0 aromatic heterocycles. The molecule has 0 radical (unpaired) electrons. The number of amides is 2. The molecular weight excluding hydrogens is 598 g/mol. The molecular formula is C34H31NO11. The molecule has 12 heteroatoms. The van der Waals surface area contributed by atoms with Crippen molar-refractivity contribution in [1.29, 1.82) is 0 Å². The van der Waals surface area contributed by atoms with Crippen molar-refractivity contribution in [2.24, 2.45) is 11.8 Å². The van der Waals surface area contributed by atoms with E-state index in [4.69, 9.17) is 23.8 Å². The molecule has 0 bridgehead atoms. The average molecular weight is 630 g/mol. The lowest BCUT2D eigenvalue weighted by molar-refractivity contribution is -0.193. The first-order valence-electron chi connectivity index (χ1n) is 14.6. The second-order valence-electron chi connectivity index (χ2n) is 11.3. The van der Waals surface area contributed by atoms with Gasteiger partial charge in [0.2, 0.25) is 0 Å². The Morgan fingerprint density at radius 1 is 0.848 bits per heavy atom. The van der Waals surface area contributed by atoms with Crippen LogP contribution in [0.2, 0.25) is 0 Å². The van der Waals surface area contributed by atoms with Crippen LogP contribution in [-0.4, -0.2) is 40.8 Å². The third-order valence-corrected chi connectivity index (χ3v) is 7.37. The van der Waals surface area contributed by atoms with Crippen LogP contribution >= 0.6 is 0 Å². The van der Waals surface area contributed by atoms with Crippen LogP contribution in [-0.2, 0) is 43.9 Å². The second kappa shape index (κ2) is 12.5. The smallest absolute Gasteiger partial charge is 0.356 e. The first-order chi connectivity index (χ1) is 21.8. The van der Waals surface area contributed by atoms with Crippen molar-refractivity contribution in [2.75, 3.05) is 0 Å². The minimum atomic E-state index is -1.54. The van der Waals surface area contributed by atoms with E-state index in [9.17, 15) is 28.8 Å². The highest BCUT2D eigenvalue weighted by molar-refractivity contribution is 6.02. The number of esters is 3. The molecule has 2 saturated heterocycles.